The van der Waals surface area contributed by atoms with E-state index in [-0.39, 0.29) is 28.5 Å². The molecule has 0 unspecified atom stereocenters. The standard InChI is InChI=1S/C34H27N9O11S3/c35-24-17-23(44)11-13-25(24)41-38-21-8-6-19(7-9-21)37-26-12-10-22(16-27(26)55(46,47)48)40-42-32-28(56(49,50)51)14-18-15-29(57(52,53)54)33(34(45)30(18)31(32)36)43-39-20-4-2-1-3-5-20/h1-17,37,44-45H,35-36H2,(H,46,47,48)(H,49,50,51)(H,52,53,54)/b41-38+,42-40+,43-39+. The quantitative estimate of drug-likeness (QED) is 0.0347. The van der Waals surface area contributed by atoms with E-state index in [1.165, 1.54) is 66.7 Å². The van der Waals surface area contributed by atoms with Crippen LogP contribution in [0.25, 0.3) is 10.8 Å². The first-order valence-corrected chi connectivity index (χ1v) is 20.1. The zero-order chi connectivity index (χ0) is 41.3. The molecule has 23 heteroatoms. The van der Waals surface area contributed by atoms with Crippen LogP contribution in [0.4, 0.5) is 56.9 Å². The van der Waals surface area contributed by atoms with E-state index < -0.39 is 78.6 Å². The normalized spacial score (nSPS) is 12.6. The summed E-state index contributed by atoms with van der Waals surface area (Å²) in [6, 6.07) is 22.9. The van der Waals surface area contributed by atoms with Crippen molar-refractivity contribution in [1.29, 1.82) is 0 Å². The number of hydrogen-bond donors (Lipinski definition) is 8. The molecule has 20 nitrogen and oxygen atoms in total. The van der Waals surface area contributed by atoms with Crippen molar-refractivity contribution in [3.05, 3.63) is 103 Å². The fraction of sp³-hybridized carbons (Fsp3) is 0. The average Bonchev–Trinajstić information content (AvgIpc) is 3.13. The van der Waals surface area contributed by atoms with Gasteiger partial charge in [-0.05, 0) is 84.2 Å². The highest BCUT2D eigenvalue weighted by atomic mass is 32.2. The Kier molecular flexibility index (Phi) is 10.7. The largest absolute Gasteiger partial charge is 0.508 e. The van der Waals surface area contributed by atoms with Gasteiger partial charge in [-0.15, -0.1) is 15.3 Å². The number of azo groups is 3. The first-order valence-electron chi connectivity index (χ1n) is 15.7. The van der Waals surface area contributed by atoms with E-state index in [1.807, 2.05) is 0 Å². The summed E-state index contributed by atoms with van der Waals surface area (Å²) in [5.74, 6) is -1.01. The lowest BCUT2D eigenvalue weighted by molar-refractivity contribution is 0.472. The lowest BCUT2D eigenvalue weighted by Gasteiger charge is -2.14. The second-order valence-electron chi connectivity index (χ2n) is 11.8. The maximum absolute atomic E-state index is 12.5. The van der Waals surface area contributed by atoms with Gasteiger partial charge in [0.05, 0.1) is 39.5 Å². The average molecular weight is 834 g/mol. The lowest BCUT2D eigenvalue weighted by Crippen LogP contribution is -2.04. The van der Waals surface area contributed by atoms with E-state index in [1.54, 1.807) is 18.2 Å². The third-order valence-corrected chi connectivity index (χ3v) is 10.5. The summed E-state index contributed by atoms with van der Waals surface area (Å²) in [4.78, 5) is -2.68. The van der Waals surface area contributed by atoms with Crippen LogP contribution < -0.4 is 16.8 Å². The molecule has 0 aliphatic carbocycles. The van der Waals surface area contributed by atoms with Crippen LogP contribution in [0.5, 0.6) is 11.5 Å². The summed E-state index contributed by atoms with van der Waals surface area (Å²) in [6.07, 6.45) is 0. The van der Waals surface area contributed by atoms with Crippen LogP contribution in [0.2, 0.25) is 0 Å². The molecule has 0 aromatic heterocycles. The molecule has 0 bridgehead atoms. The third kappa shape index (κ3) is 8.99. The Labute approximate surface area is 322 Å². The van der Waals surface area contributed by atoms with Crippen LogP contribution in [0, 0.1) is 0 Å². The zero-order valence-electron chi connectivity index (χ0n) is 28.6. The molecule has 0 amide bonds. The van der Waals surface area contributed by atoms with Gasteiger partial charge in [-0.25, -0.2) is 0 Å². The fourth-order valence-corrected chi connectivity index (χ4v) is 7.21. The van der Waals surface area contributed by atoms with Crippen LogP contribution in [-0.4, -0.2) is 49.1 Å². The Bertz CT molecular complexity index is 3000. The summed E-state index contributed by atoms with van der Waals surface area (Å²) in [6.45, 7) is 0. The van der Waals surface area contributed by atoms with E-state index >= 15 is 0 Å². The maximum atomic E-state index is 12.5. The Hall–Kier alpha value is -6.89. The maximum Gasteiger partial charge on any atom is 0.296 e. The molecular formula is C34H27N9O11S3. The molecule has 0 aliphatic rings. The molecule has 0 atom stereocenters. The van der Waals surface area contributed by atoms with E-state index in [2.05, 4.69) is 36.0 Å². The molecule has 6 rings (SSSR count). The van der Waals surface area contributed by atoms with Crippen LogP contribution in [0.15, 0.2) is 149 Å². The monoisotopic (exact) mass is 833 g/mol. The van der Waals surface area contributed by atoms with Gasteiger partial charge in [-0.1, -0.05) is 18.2 Å². The highest BCUT2D eigenvalue weighted by molar-refractivity contribution is 7.86. The number of anilines is 4. The van der Waals surface area contributed by atoms with Crippen molar-refractivity contribution in [1.82, 2.24) is 0 Å². The Morgan fingerprint density at radius 3 is 1.68 bits per heavy atom. The van der Waals surface area contributed by atoms with Gasteiger partial charge in [0.25, 0.3) is 30.4 Å². The lowest BCUT2D eigenvalue weighted by atomic mass is 10.1. The van der Waals surface area contributed by atoms with Crippen molar-refractivity contribution in [2.75, 3.05) is 16.8 Å². The number of hydrogen-bond acceptors (Lipinski definition) is 17. The van der Waals surface area contributed by atoms with Crippen molar-refractivity contribution >= 4 is 98.0 Å². The van der Waals surface area contributed by atoms with Gasteiger partial charge in [0.2, 0.25) is 0 Å². The van der Waals surface area contributed by atoms with Crippen LogP contribution in [0.1, 0.15) is 0 Å². The van der Waals surface area contributed by atoms with E-state index in [0.717, 1.165) is 12.1 Å². The van der Waals surface area contributed by atoms with Crippen LogP contribution >= 0.6 is 0 Å². The Balaban J connectivity index is 1.37. The second kappa shape index (κ2) is 15.3. The molecule has 0 fully saturated rings. The molecule has 6 aromatic rings. The highest BCUT2D eigenvalue weighted by Crippen LogP contribution is 2.48. The Morgan fingerprint density at radius 2 is 1.07 bits per heavy atom. The number of aromatic hydroxyl groups is 2. The number of nitrogens with two attached hydrogens (primary N) is 2. The minimum Gasteiger partial charge on any atom is -0.508 e. The molecule has 292 valence electrons. The van der Waals surface area contributed by atoms with Gasteiger partial charge in [0.1, 0.15) is 37.5 Å². The zero-order valence-corrected chi connectivity index (χ0v) is 31.0. The number of benzene rings is 6. The van der Waals surface area contributed by atoms with Crippen molar-refractivity contribution in [2.24, 2.45) is 30.7 Å². The topological polar surface area (TPSA) is 342 Å². The molecule has 0 heterocycles. The summed E-state index contributed by atoms with van der Waals surface area (Å²) in [7, 11) is -15.3. The first kappa shape index (κ1) is 39.8. The number of fused-ring (bicyclic) bond motifs is 1. The number of rotatable bonds is 11. The molecular weight excluding hydrogens is 807 g/mol. The number of nitrogens with one attached hydrogen (secondary N) is 1. The van der Waals surface area contributed by atoms with Gasteiger partial charge in [-0.3, -0.25) is 13.7 Å². The van der Waals surface area contributed by atoms with Crippen molar-refractivity contribution in [3.8, 4) is 11.5 Å². The molecule has 6 aromatic carbocycles. The summed E-state index contributed by atoms with van der Waals surface area (Å²) < 4.78 is 105. The third-order valence-electron chi connectivity index (χ3n) is 7.83. The molecule has 0 spiro atoms. The minimum atomic E-state index is -5.21. The van der Waals surface area contributed by atoms with E-state index in [4.69, 9.17) is 11.5 Å². The van der Waals surface area contributed by atoms with Crippen molar-refractivity contribution < 1.29 is 49.1 Å². The van der Waals surface area contributed by atoms with Gasteiger partial charge in [-0.2, -0.15) is 40.6 Å². The molecule has 10 N–H and O–H groups in total. The molecule has 0 saturated heterocycles. The molecule has 57 heavy (non-hydrogen) atoms. The predicted molar refractivity (Wildman–Crippen MR) is 207 cm³/mol. The number of phenolic OH excluding ortho intramolecular Hbond substituents is 2. The summed E-state index contributed by atoms with van der Waals surface area (Å²) in [5, 5.41) is 46.2. The van der Waals surface area contributed by atoms with Crippen molar-refractivity contribution in [2.45, 2.75) is 14.7 Å². The van der Waals surface area contributed by atoms with Gasteiger partial charge in [0.15, 0.2) is 5.75 Å². The second-order valence-corrected chi connectivity index (χ2v) is 15.9. The summed E-state index contributed by atoms with van der Waals surface area (Å²) in [5.41, 5.74) is 10.9. The fourth-order valence-electron chi connectivity index (χ4n) is 5.22. The minimum absolute atomic E-state index is 0.0385. The molecule has 0 aliphatic heterocycles. The number of nitrogens with zero attached hydrogens (tertiary/aromatic N) is 6. The van der Waals surface area contributed by atoms with Gasteiger partial charge >= 0.3 is 0 Å². The number of phenols is 2. The van der Waals surface area contributed by atoms with E-state index in [9.17, 15) is 49.1 Å². The Morgan fingerprint density at radius 1 is 0.526 bits per heavy atom. The highest BCUT2D eigenvalue weighted by Gasteiger charge is 2.28. The van der Waals surface area contributed by atoms with Gasteiger partial charge < -0.3 is 27.0 Å². The van der Waals surface area contributed by atoms with Crippen LogP contribution in [0.3, 0.4) is 0 Å². The molecule has 0 radical (unpaired) electrons. The van der Waals surface area contributed by atoms with Gasteiger partial charge in [0, 0.05) is 11.8 Å². The SMILES string of the molecule is Nc1cc(O)ccc1/N=N/c1ccc(Nc2ccc(/N=N/c3c(S(=O)(=O)O)cc4cc(S(=O)(=O)O)c(/N=N/c5ccccc5)c(O)c4c3N)cc2S(=O)(=O)O)cc1. The van der Waals surface area contributed by atoms with Crippen molar-refractivity contribution in [3.63, 3.8) is 0 Å². The smallest absolute Gasteiger partial charge is 0.296 e. The summed E-state index contributed by atoms with van der Waals surface area (Å²) >= 11 is 0. The first-order chi connectivity index (χ1) is 26.8. The molecule has 0 saturated carbocycles. The van der Waals surface area contributed by atoms with E-state index in [0.29, 0.717) is 23.1 Å². The van der Waals surface area contributed by atoms with Crippen LogP contribution in [-0.2, 0) is 30.4 Å². The predicted octanol–water partition coefficient (Wildman–Crippen LogP) is 8.15. The number of nitrogen functional groups attached to an aromatic ring is 2.